The molecule has 0 saturated heterocycles. The molecule has 2 aromatic carbocycles. The van der Waals surface area contributed by atoms with Gasteiger partial charge in [0.2, 0.25) is 0 Å². The van der Waals surface area contributed by atoms with Crippen molar-refractivity contribution in [2.45, 2.75) is 24.8 Å². The molecule has 0 aliphatic carbocycles. The van der Waals surface area contributed by atoms with Crippen molar-refractivity contribution in [1.29, 1.82) is 0 Å². The van der Waals surface area contributed by atoms with E-state index in [0.717, 1.165) is 36.5 Å². The van der Waals surface area contributed by atoms with Crippen LogP contribution in [0.4, 0.5) is 0 Å². The first-order valence-electron chi connectivity index (χ1n) is 7.56. The van der Waals surface area contributed by atoms with Gasteiger partial charge in [0.1, 0.15) is 11.5 Å². The molecule has 0 saturated carbocycles. The molecule has 21 heavy (non-hydrogen) atoms. The highest BCUT2D eigenvalue weighted by molar-refractivity contribution is 5.48. The predicted octanol–water partition coefficient (Wildman–Crippen LogP) is 3.19. The van der Waals surface area contributed by atoms with Gasteiger partial charge in [0.25, 0.3) is 0 Å². The third-order valence-corrected chi connectivity index (χ3v) is 4.49. The lowest BCUT2D eigenvalue weighted by molar-refractivity contribution is 0.277. The van der Waals surface area contributed by atoms with E-state index >= 15 is 0 Å². The number of para-hydroxylation sites is 2. The van der Waals surface area contributed by atoms with E-state index in [4.69, 9.17) is 15.2 Å². The maximum Gasteiger partial charge on any atom is 0.127 e. The highest BCUT2D eigenvalue weighted by Gasteiger charge is 2.32. The summed E-state index contributed by atoms with van der Waals surface area (Å²) >= 11 is 0. The first-order chi connectivity index (χ1) is 10.3. The SMILES string of the molecule is NC(c1cccc2c1OCCC2)C1COc2ccccc21. The maximum absolute atomic E-state index is 6.58. The van der Waals surface area contributed by atoms with Gasteiger partial charge < -0.3 is 15.2 Å². The van der Waals surface area contributed by atoms with Crippen LogP contribution in [-0.4, -0.2) is 13.2 Å². The zero-order valence-corrected chi connectivity index (χ0v) is 11.9. The molecule has 2 N–H and O–H groups in total. The summed E-state index contributed by atoms with van der Waals surface area (Å²) in [6.07, 6.45) is 2.16. The fraction of sp³-hybridized carbons (Fsp3) is 0.333. The van der Waals surface area contributed by atoms with Crippen LogP contribution in [0.3, 0.4) is 0 Å². The molecule has 2 unspecified atom stereocenters. The summed E-state index contributed by atoms with van der Waals surface area (Å²) < 4.78 is 11.7. The van der Waals surface area contributed by atoms with E-state index in [1.54, 1.807) is 0 Å². The van der Waals surface area contributed by atoms with Gasteiger partial charge in [-0.15, -0.1) is 0 Å². The molecular weight excluding hydrogens is 262 g/mol. The first kappa shape index (κ1) is 12.7. The Hall–Kier alpha value is -2.00. The summed E-state index contributed by atoms with van der Waals surface area (Å²) in [5.74, 6) is 2.16. The molecule has 2 atom stereocenters. The Balaban J connectivity index is 1.72. The minimum Gasteiger partial charge on any atom is -0.493 e. The Kier molecular flexibility index (Phi) is 3.08. The number of rotatable bonds is 2. The van der Waals surface area contributed by atoms with E-state index in [0.29, 0.717) is 6.61 Å². The van der Waals surface area contributed by atoms with Crippen LogP contribution >= 0.6 is 0 Å². The summed E-state index contributed by atoms with van der Waals surface area (Å²) in [6.45, 7) is 1.43. The third kappa shape index (κ3) is 2.09. The minimum atomic E-state index is -0.0956. The topological polar surface area (TPSA) is 44.5 Å². The van der Waals surface area contributed by atoms with Crippen molar-refractivity contribution < 1.29 is 9.47 Å². The van der Waals surface area contributed by atoms with Gasteiger partial charge in [-0.05, 0) is 24.5 Å². The van der Waals surface area contributed by atoms with Crippen LogP contribution in [0.2, 0.25) is 0 Å². The van der Waals surface area contributed by atoms with Gasteiger partial charge in [-0.3, -0.25) is 0 Å². The summed E-state index contributed by atoms with van der Waals surface area (Å²) in [4.78, 5) is 0. The molecule has 0 amide bonds. The molecule has 0 bridgehead atoms. The Labute approximate surface area is 124 Å². The Morgan fingerprint density at radius 1 is 1.05 bits per heavy atom. The van der Waals surface area contributed by atoms with Crippen LogP contribution in [0.1, 0.15) is 35.1 Å². The smallest absolute Gasteiger partial charge is 0.127 e. The summed E-state index contributed by atoms with van der Waals surface area (Å²) in [6, 6.07) is 14.4. The highest BCUT2D eigenvalue weighted by Crippen LogP contribution is 2.43. The number of nitrogens with two attached hydrogens (primary N) is 1. The standard InChI is InChI=1S/C18H19NO2/c19-17(15-11-21-16-9-2-1-7-13(15)16)14-8-3-5-12-6-4-10-20-18(12)14/h1-3,5,7-9,15,17H,4,6,10-11,19H2. The quantitative estimate of drug-likeness (QED) is 0.919. The fourth-order valence-corrected chi connectivity index (χ4v) is 3.38. The zero-order chi connectivity index (χ0) is 14.2. The van der Waals surface area contributed by atoms with Crippen LogP contribution in [-0.2, 0) is 6.42 Å². The highest BCUT2D eigenvalue weighted by atomic mass is 16.5. The second kappa shape index (κ2) is 5.08. The second-order valence-electron chi connectivity index (χ2n) is 5.77. The molecule has 2 heterocycles. The van der Waals surface area contributed by atoms with Crippen molar-refractivity contribution >= 4 is 0 Å². The normalized spacial score (nSPS) is 20.9. The van der Waals surface area contributed by atoms with Crippen LogP contribution in [0.25, 0.3) is 0 Å². The molecule has 4 rings (SSSR count). The summed E-state index contributed by atoms with van der Waals surface area (Å²) in [5.41, 5.74) is 10.2. The molecule has 2 aromatic rings. The van der Waals surface area contributed by atoms with Gasteiger partial charge in [0, 0.05) is 23.1 Å². The lowest BCUT2D eigenvalue weighted by atomic mass is 9.87. The molecule has 2 aliphatic heterocycles. The lowest BCUT2D eigenvalue weighted by Gasteiger charge is -2.25. The third-order valence-electron chi connectivity index (χ3n) is 4.49. The average molecular weight is 281 g/mol. The molecule has 108 valence electrons. The van der Waals surface area contributed by atoms with E-state index < -0.39 is 0 Å². The number of hydrogen-bond acceptors (Lipinski definition) is 3. The van der Waals surface area contributed by atoms with Gasteiger partial charge in [-0.1, -0.05) is 36.4 Å². The largest absolute Gasteiger partial charge is 0.493 e. The minimum absolute atomic E-state index is 0.0956. The van der Waals surface area contributed by atoms with E-state index in [1.807, 2.05) is 18.2 Å². The second-order valence-corrected chi connectivity index (χ2v) is 5.77. The Morgan fingerprint density at radius 2 is 1.95 bits per heavy atom. The number of aryl methyl sites for hydroxylation is 1. The monoisotopic (exact) mass is 281 g/mol. The van der Waals surface area contributed by atoms with Crippen molar-refractivity contribution in [1.82, 2.24) is 0 Å². The van der Waals surface area contributed by atoms with Crippen molar-refractivity contribution in [3.05, 3.63) is 59.2 Å². The number of hydrogen-bond donors (Lipinski definition) is 1. The van der Waals surface area contributed by atoms with Crippen LogP contribution in [0.5, 0.6) is 11.5 Å². The zero-order valence-electron chi connectivity index (χ0n) is 11.9. The van der Waals surface area contributed by atoms with E-state index in [9.17, 15) is 0 Å². The van der Waals surface area contributed by atoms with Crippen molar-refractivity contribution in [3.8, 4) is 11.5 Å². The number of benzene rings is 2. The number of fused-ring (bicyclic) bond motifs is 2. The van der Waals surface area contributed by atoms with Crippen LogP contribution in [0.15, 0.2) is 42.5 Å². The van der Waals surface area contributed by atoms with Crippen LogP contribution < -0.4 is 15.2 Å². The molecule has 0 radical (unpaired) electrons. The van der Waals surface area contributed by atoms with Crippen LogP contribution in [0, 0.1) is 0 Å². The molecule has 3 nitrogen and oxygen atoms in total. The van der Waals surface area contributed by atoms with Crippen molar-refractivity contribution in [2.75, 3.05) is 13.2 Å². The number of ether oxygens (including phenoxy) is 2. The summed E-state index contributed by atoms with van der Waals surface area (Å²) in [7, 11) is 0. The maximum atomic E-state index is 6.58. The molecule has 0 aromatic heterocycles. The molecule has 3 heteroatoms. The summed E-state index contributed by atoms with van der Waals surface area (Å²) in [5, 5.41) is 0. The van der Waals surface area contributed by atoms with Gasteiger partial charge in [-0.25, -0.2) is 0 Å². The first-order valence-corrected chi connectivity index (χ1v) is 7.56. The Morgan fingerprint density at radius 3 is 2.90 bits per heavy atom. The van der Waals surface area contributed by atoms with Crippen molar-refractivity contribution in [2.24, 2.45) is 5.73 Å². The van der Waals surface area contributed by atoms with Gasteiger partial charge in [-0.2, -0.15) is 0 Å². The van der Waals surface area contributed by atoms with E-state index in [-0.39, 0.29) is 12.0 Å². The Bertz CT molecular complexity index is 668. The molecule has 2 aliphatic rings. The van der Waals surface area contributed by atoms with E-state index in [2.05, 4.69) is 24.3 Å². The average Bonchev–Trinajstić information content (AvgIpc) is 2.98. The van der Waals surface area contributed by atoms with Gasteiger partial charge in [0.05, 0.1) is 13.2 Å². The van der Waals surface area contributed by atoms with Gasteiger partial charge >= 0.3 is 0 Å². The fourth-order valence-electron chi connectivity index (χ4n) is 3.38. The van der Waals surface area contributed by atoms with E-state index in [1.165, 1.54) is 11.1 Å². The molecule has 0 spiro atoms. The lowest BCUT2D eigenvalue weighted by Crippen LogP contribution is -2.23. The van der Waals surface area contributed by atoms with Crippen molar-refractivity contribution in [3.63, 3.8) is 0 Å². The molecular formula is C18H19NO2. The molecule has 0 fully saturated rings. The van der Waals surface area contributed by atoms with Gasteiger partial charge in [0.15, 0.2) is 0 Å². The predicted molar refractivity (Wildman–Crippen MR) is 81.9 cm³/mol.